The molecule has 1 aliphatic heterocycles. The summed E-state index contributed by atoms with van der Waals surface area (Å²) in [6.07, 6.45) is 1.70. The summed E-state index contributed by atoms with van der Waals surface area (Å²) in [4.78, 5) is 14.5. The van der Waals surface area contributed by atoms with E-state index in [-0.39, 0.29) is 5.63 Å². The van der Waals surface area contributed by atoms with Crippen LogP contribution in [0.15, 0.2) is 39.5 Å². The van der Waals surface area contributed by atoms with Crippen LogP contribution in [-0.2, 0) is 25.9 Å². The summed E-state index contributed by atoms with van der Waals surface area (Å²) in [5, 5.41) is 1.60. The van der Waals surface area contributed by atoms with Crippen LogP contribution >= 0.6 is 11.6 Å². The summed E-state index contributed by atoms with van der Waals surface area (Å²) in [7, 11) is 3.30. The van der Waals surface area contributed by atoms with Gasteiger partial charge in [-0.15, -0.1) is 0 Å². The fraction of sp³-hybridized carbons (Fsp3) is 0.348. The first-order valence-electron chi connectivity index (χ1n) is 9.73. The standard InChI is InChI=1S/C23H24ClNO4/c1-4-14-7-20-18(11-19(14)24)17(10-23(26)29-20)13-25-6-5-15-8-21(27-2)22(28-3)9-16(15)12-25/h7-11H,4-6,12-13H2,1-3H3. The number of aryl methyl sites for hydroxylation is 1. The maximum atomic E-state index is 12.1. The summed E-state index contributed by atoms with van der Waals surface area (Å²) >= 11 is 6.43. The van der Waals surface area contributed by atoms with Gasteiger partial charge in [0.15, 0.2) is 11.5 Å². The fourth-order valence-electron chi connectivity index (χ4n) is 4.01. The lowest BCUT2D eigenvalue weighted by Crippen LogP contribution is -2.30. The van der Waals surface area contributed by atoms with E-state index in [1.54, 1.807) is 20.3 Å². The van der Waals surface area contributed by atoms with Crippen molar-refractivity contribution in [2.24, 2.45) is 0 Å². The van der Waals surface area contributed by atoms with E-state index in [4.69, 9.17) is 25.5 Å². The fourth-order valence-corrected chi connectivity index (χ4v) is 4.31. The molecule has 29 heavy (non-hydrogen) atoms. The first kappa shape index (κ1) is 19.8. The molecule has 0 N–H and O–H groups in total. The summed E-state index contributed by atoms with van der Waals surface area (Å²) in [6.45, 7) is 4.35. The SMILES string of the molecule is CCc1cc2oc(=O)cc(CN3CCc4cc(OC)c(OC)cc4C3)c2cc1Cl. The normalized spacial score (nSPS) is 14.1. The maximum absolute atomic E-state index is 12.1. The number of hydrogen-bond donors (Lipinski definition) is 0. The van der Waals surface area contributed by atoms with Gasteiger partial charge in [-0.3, -0.25) is 4.90 Å². The van der Waals surface area contributed by atoms with E-state index in [9.17, 15) is 4.79 Å². The van der Waals surface area contributed by atoms with E-state index in [0.29, 0.717) is 17.2 Å². The molecular formula is C23H24ClNO4. The molecule has 3 aromatic rings. The second-order valence-corrected chi connectivity index (χ2v) is 7.73. The van der Waals surface area contributed by atoms with Gasteiger partial charge < -0.3 is 13.9 Å². The van der Waals surface area contributed by atoms with Crippen LogP contribution in [0.1, 0.15) is 29.2 Å². The highest BCUT2D eigenvalue weighted by Crippen LogP contribution is 2.34. The van der Waals surface area contributed by atoms with Gasteiger partial charge in [-0.25, -0.2) is 4.79 Å². The second-order valence-electron chi connectivity index (χ2n) is 7.32. The molecule has 152 valence electrons. The zero-order valence-corrected chi connectivity index (χ0v) is 17.6. The molecule has 0 bridgehead atoms. The number of halogens is 1. The quantitative estimate of drug-likeness (QED) is 0.573. The van der Waals surface area contributed by atoms with Gasteiger partial charge in [0.05, 0.1) is 14.2 Å². The van der Waals surface area contributed by atoms with Crippen LogP contribution in [0.4, 0.5) is 0 Å². The highest BCUT2D eigenvalue weighted by Gasteiger charge is 2.21. The van der Waals surface area contributed by atoms with E-state index in [0.717, 1.165) is 53.9 Å². The monoisotopic (exact) mass is 413 g/mol. The van der Waals surface area contributed by atoms with Crippen molar-refractivity contribution in [1.82, 2.24) is 4.90 Å². The van der Waals surface area contributed by atoms with Gasteiger partial charge in [-0.1, -0.05) is 18.5 Å². The minimum atomic E-state index is -0.333. The Morgan fingerprint density at radius 3 is 2.45 bits per heavy atom. The molecule has 0 spiro atoms. The minimum absolute atomic E-state index is 0.333. The molecule has 0 saturated carbocycles. The first-order valence-corrected chi connectivity index (χ1v) is 10.1. The molecule has 2 heterocycles. The summed E-state index contributed by atoms with van der Waals surface area (Å²) in [5.41, 5.74) is 4.66. The lowest BCUT2D eigenvalue weighted by molar-refractivity contribution is 0.244. The third-order valence-corrected chi connectivity index (χ3v) is 5.92. The molecule has 2 aromatic carbocycles. The smallest absolute Gasteiger partial charge is 0.336 e. The zero-order chi connectivity index (χ0) is 20.5. The van der Waals surface area contributed by atoms with E-state index >= 15 is 0 Å². The molecule has 0 saturated heterocycles. The van der Waals surface area contributed by atoms with Crippen molar-refractivity contribution in [3.63, 3.8) is 0 Å². The molecule has 0 amide bonds. The van der Waals surface area contributed by atoms with E-state index in [1.807, 2.05) is 25.1 Å². The lowest BCUT2D eigenvalue weighted by atomic mass is 9.98. The molecule has 1 aliphatic rings. The van der Waals surface area contributed by atoms with Gasteiger partial charge in [-0.05, 0) is 59.4 Å². The van der Waals surface area contributed by atoms with E-state index < -0.39 is 0 Å². The third-order valence-electron chi connectivity index (χ3n) is 5.57. The number of rotatable bonds is 5. The number of methoxy groups -OCH3 is 2. The summed E-state index contributed by atoms with van der Waals surface area (Å²) < 4.78 is 16.3. The largest absolute Gasteiger partial charge is 0.493 e. The molecule has 5 nitrogen and oxygen atoms in total. The van der Waals surface area contributed by atoms with Crippen LogP contribution < -0.4 is 15.1 Å². The van der Waals surface area contributed by atoms with Gasteiger partial charge in [0, 0.05) is 36.1 Å². The van der Waals surface area contributed by atoms with Crippen LogP contribution in [0.5, 0.6) is 11.5 Å². The molecule has 0 aliphatic carbocycles. The van der Waals surface area contributed by atoms with Crippen molar-refractivity contribution < 1.29 is 13.9 Å². The Kier molecular flexibility index (Phi) is 5.52. The molecule has 0 unspecified atom stereocenters. The lowest BCUT2D eigenvalue weighted by Gasteiger charge is -2.29. The summed E-state index contributed by atoms with van der Waals surface area (Å²) in [5.74, 6) is 1.49. The predicted octanol–water partition coefficient (Wildman–Crippen LogP) is 4.58. The molecule has 4 rings (SSSR count). The van der Waals surface area contributed by atoms with Crippen LogP contribution in [0.3, 0.4) is 0 Å². The van der Waals surface area contributed by atoms with Gasteiger partial charge in [0.1, 0.15) is 5.58 Å². The van der Waals surface area contributed by atoms with Crippen molar-refractivity contribution >= 4 is 22.6 Å². The highest BCUT2D eigenvalue weighted by molar-refractivity contribution is 6.32. The Bertz CT molecular complexity index is 1120. The third kappa shape index (κ3) is 3.85. The first-order chi connectivity index (χ1) is 14.0. The highest BCUT2D eigenvalue weighted by atomic mass is 35.5. The van der Waals surface area contributed by atoms with Gasteiger partial charge >= 0.3 is 5.63 Å². The van der Waals surface area contributed by atoms with Crippen molar-refractivity contribution in [2.75, 3.05) is 20.8 Å². The Morgan fingerprint density at radius 2 is 1.76 bits per heavy atom. The van der Waals surface area contributed by atoms with Crippen molar-refractivity contribution in [3.05, 3.63) is 68.0 Å². The van der Waals surface area contributed by atoms with Crippen molar-refractivity contribution in [1.29, 1.82) is 0 Å². The number of nitrogens with zero attached hydrogens (tertiary/aromatic N) is 1. The molecule has 6 heteroatoms. The maximum Gasteiger partial charge on any atom is 0.336 e. The van der Waals surface area contributed by atoms with Crippen LogP contribution in [-0.4, -0.2) is 25.7 Å². The molecule has 0 radical (unpaired) electrons. The van der Waals surface area contributed by atoms with E-state index in [2.05, 4.69) is 11.0 Å². The molecular weight excluding hydrogens is 390 g/mol. The molecule has 0 fully saturated rings. The number of fused-ring (bicyclic) bond motifs is 2. The Hall–Kier alpha value is -2.50. The van der Waals surface area contributed by atoms with Gasteiger partial charge in [0.25, 0.3) is 0 Å². The van der Waals surface area contributed by atoms with Crippen LogP contribution in [0.2, 0.25) is 5.02 Å². The summed E-state index contributed by atoms with van der Waals surface area (Å²) in [6, 6.07) is 9.48. The van der Waals surface area contributed by atoms with E-state index in [1.165, 1.54) is 11.1 Å². The Labute approximate surface area is 174 Å². The second kappa shape index (κ2) is 8.09. The van der Waals surface area contributed by atoms with Crippen LogP contribution in [0, 0.1) is 0 Å². The van der Waals surface area contributed by atoms with Crippen LogP contribution in [0.25, 0.3) is 11.0 Å². The van der Waals surface area contributed by atoms with Gasteiger partial charge in [0.2, 0.25) is 0 Å². The number of benzene rings is 2. The van der Waals surface area contributed by atoms with Crippen molar-refractivity contribution in [3.8, 4) is 11.5 Å². The predicted molar refractivity (Wildman–Crippen MR) is 114 cm³/mol. The topological polar surface area (TPSA) is 51.9 Å². The molecule has 0 atom stereocenters. The Morgan fingerprint density at radius 1 is 1.03 bits per heavy atom. The number of hydrogen-bond acceptors (Lipinski definition) is 5. The Balaban J connectivity index is 1.66. The average Bonchev–Trinajstić information content (AvgIpc) is 2.72. The van der Waals surface area contributed by atoms with Crippen molar-refractivity contribution in [2.45, 2.75) is 32.9 Å². The van der Waals surface area contributed by atoms with Gasteiger partial charge in [-0.2, -0.15) is 0 Å². The average molecular weight is 414 g/mol. The number of ether oxygens (including phenoxy) is 2. The molecule has 1 aromatic heterocycles. The zero-order valence-electron chi connectivity index (χ0n) is 16.9. The minimum Gasteiger partial charge on any atom is -0.493 e.